The fourth-order valence-corrected chi connectivity index (χ4v) is 10.4. The predicted octanol–water partition coefficient (Wildman–Crippen LogP) is 9.03. The number of imidazole rings is 1. The maximum Gasteiger partial charge on any atom is 0.280 e. The molecule has 1 amide bonds. The number of nitriles is 1. The molecule has 0 bridgehead atoms. The summed E-state index contributed by atoms with van der Waals surface area (Å²) in [4.78, 5) is 38.6. The van der Waals surface area contributed by atoms with Gasteiger partial charge in [0.25, 0.3) is 20.0 Å². The van der Waals surface area contributed by atoms with Crippen LogP contribution in [0, 0.1) is 11.3 Å². The number of nitrogens with zero attached hydrogens (tertiary/aromatic N) is 5. The molecule has 0 saturated carbocycles. The van der Waals surface area contributed by atoms with E-state index in [0.717, 1.165) is 22.3 Å². The molecule has 5 atom stereocenters. The number of carbonyl (C=O) groups excluding carboxylic acids is 1. The van der Waals surface area contributed by atoms with Gasteiger partial charge in [0.05, 0.1) is 46.3 Å². The summed E-state index contributed by atoms with van der Waals surface area (Å²) in [5.41, 5.74) is 1.83. The van der Waals surface area contributed by atoms with Crippen LogP contribution in [0.25, 0.3) is 11.2 Å². The first kappa shape index (κ1) is 52.6. The number of amides is 1. The molecule has 0 spiro atoms. The fourth-order valence-electron chi connectivity index (χ4n) is 8.66. The average molecular weight is 990 g/mol. The van der Waals surface area contributed by atoms with Crippen LogP contribution in [0.3, 0.4) is 0 Å². The van der Waals surface area contributed by atoms with Crippen molar-refractivity contribution in [3.63, 3.8) is 0 Å². The molecule has 1 aliphatic heterocycles. The first-order valence-corrected chi connectivity index (χ1v) is 24.7. The Kier molecular flexibility index (Phi) is 17.3. The van der Waals surface area contributed by atoms with Crippen molar-refractivity contribution in [2.45, 2.75) is 103 Å². The van der Waals surface area contributed by atoms with Crippen molar-refractivity contribution in [2.75, 3.05) is 46.5 Å². The van der Waals surface area contributed by atoms with Crippen LogP contribution in [-0.2, 0) is 39.1 Å². The van der Waals surface area contributed by atoms with Gasteiger partial charge in [-0.25, -0.2) is 9.65 Å². The zero-order valence-corrected chi connectivity index (χ0v) is 42.8. The normalized spacial score (nSPS) is 17.7. The average Bonchev–Trinajstić information content (AvgIpc) is 3.94. The van der Waals surface area contributed by atoms with Crippen molar-refractivity contribution in [1.82, 2.24) is 24.2 Å². The second-order valence-corrected chi connectivity index (χ2v) is 20.0. The molecule has 0 aliphatic carbocycles. The summed E-state index contributed by atoms with van der Waals surface area (Å²) in [6.07, 6.45) is -2.04. The number of ether oxygens (including phenoxy) is 6. The molecule has 3 heterocycles. The highest BCUT2D eigenvalue weighted by Gasteiger charge is 2.51. The van der Waals surface area contributed by atoms with Crippen LogP contribution in [0.4, 0.5) is 5.95 Å². The van der Waals surface area contributed by atoms with Crippen LogP contribution in [0.1, 0.15) is 83.4 Å². The Labute approximate surface area is 416 Å². The van der Waals surface area contributed by atoms with E-state index in [-0.39, 0.29) is 60.9 Å². The molecule has 1 saturated heterocycles. The quantitative estimate of drug-likeness (QED) is 0.0372. The highest BCUT2D eigenvalue weighted by Crippen LogP contribution is 2.51. The number of benzene rings is 4. The van der Waals surface area contributed by atoms with Crippen LogP contribution in [0.15, 0.2) is 114 Å². The SMILES string of the molecule is COc1ccc(C(OC[C@H]2O[C@@H](n3cnc4c(=O)[nH]c(NC(=O)COc5ccc(C(C)(C)C)cc5)nc43)[C@H](OC)[C@@H]2OP(OCCC#N)N(C(C)C)C(C)C)(c2ccccc2)c2ccc(OC)cc2)cc1. The minimum absolute atomic E-state index is 0.00351. The van der Waals surface area contributed by atoms with Crippen molar-refractivity contribution in [3.05, 3.63) is 142 Å². The molecule has 18 heteroatoms. The number of carbonyl (C=O) groups is 1. The fraction of sp³-hybridized carbons (Fsp3) is 0.415. The molecule has 2 N–H and O–H groups in total. The summed E-state index contributed by atoms with van der Waals surface area (Å²) in [5.74, 6) is 1.20. The lowest BCUT2D eigenvalue weighted by Crippen LogP contribution is -2.42. The van der Waals surface area contributed by atoms with Gasteiger partial charge in [-0.1, -0.05) is 87.5 Å². The van der Waals surface area contributed by atoms with Gasteiger partial charge < -0.3 is 37.5 Å². The summed E-state index contributed by atoms with van der Waals surface area (Å²) in [6.45, 7) is 14.3. The highest BCUT2D eigenvalue weighted by molar-refractivity contribution is 7.44. The van der Waals surface area contributed by atoms with Gasteiger partial charge in [0.1, 0.15) is 41.2 Å². The third-order valence-electron chi connectivity index (χ3n) is 12.1. The smallest absolute Gasteiger partial charge is 0.280 e. The van der Waals surface area contributed by atoms with Crippen LogP contribution in [-0.4, -0.2) is 102 Å². The van der Waals surface area contributed by atoms with Gasteiger partial charge >= 0.3 is 0 Å². The first-order valence-electron chi connectivity index (χ1n) is 23.5. The van der Waals surface area contributed by atoms with Gasteiger partial charge in [0.2, 0.25) is 5.95 Å². The molecule has 7 rings (SSSR count). The third-order valence-corrected chi connectivity index (χ3v) is 14.3. The Balaban J connectivity index is 1.28. The molecule has 1 aliphatic rings. The molecule has 17 nitrogen and oxygen atoms in total. The maximum atomic E-state index is 13.6. The first-order chi connectivity index (χ1) is 34.1. The molecular formula is C53H64N7O10P. The van der Waals surface area contributed by atoms with Crippen LogP contribution >= 0.6 is 8.53 Å². The summed E-state index contributed by atoms with van der Waals surface area (Å²) in [5, 5.41) is 12.2. The summed E-state index contributed by atoms with van der Waals surface area (Å²) < 4.78 is 55.0. The highest BCUT2D eigenvalue weighted by atomic mass is 31.2. The molecule has 71 heavy (non-hydrogen) atoms. The van der Waals surface area contributed by atoms with Crippen LogP contribution in [0.2, 0.25) is 0 Å². The number of methoxy groups -OCH3 is 3. The Bertz CT molecular complexity index is 2720. The minimum Gasteiger partial charge on any atom is -0.497 e. The molecule has 376 valence electrons. The van der Waals surface area contributed by atoms with Crippen molar-refractivity contribution in [2.24, 2.45) is 0 Å². The largest absolute Gasteiger partial charge is 0.497 e. The Morgan fingerprint density at radius 2 is 1.42 bits per heavy atom. The van der Waals surface area contributed by atoms with Gasteiger partial charge in [-0.15, -0.1) is 0 Å². The second-order valence-electron chi connectivity index (χ2n) is 18.5. The van der Waals surface area contributed by atoms with E-state index in [9.17, 15) is 14.9 Å². The van der Waals surface area contributed by atoms with E-state index < -0.39 is 50.1 Å². The lowest BCUT2D eigenvalue weighted by atomic mass is 9.80. The van der Waals surface area contributed by atoms with Gasteiger partial charge in [-0.05, 0) is 91.8 Å². The van der Waals surface area contributed by atoms with E-state index in [1.54, 1.807) is 25.9 Å². The molecule has 6 aromatic rings. The molecule has 1 unspecified atom stereocenters. The number of fused-ring (bicyclic) bond motifs is 1. The summed E-state index contributed by atoms with van der Waals surface area (Å²) in [6, 6.07) is 35.0. The number of nitrogens with one attached hydrogen (secondary N) is 2. The van der Waals surface area contributed by atoms with E-state index in [2.05, 4.69) is 79.5 Å². The summed E-state index contributed by atoms with van der Waals surface area (Å²) >= 11 is 0. The maximum absolute atomic E-state index is 13.6. The van der Waals surface area contributed by atoms with Crippen LogP contribution < -0.4 is 25.1 Å². The minimum atomic E-state index is -1.84. The van der Waals surface area contributed by atoms with E-state index in [4.69, 9.17) is 37.5 Å². The lowest BCUT2D eigenvalue weighted by molar-refractivity contribution is -0.118. The van der Waals surface area contributed by atoms with Gasteiger partial charge in [-0.3, -0.25) is 24.5 Å². The number of hydrogen-bond acceptors (Lipinski definition) is 14. The molecule has 0 radical (unpaired) electrons. The van der Waals surface area contributed by atoms with E-state index >= 15 is 0 Å². The van der Waals surface area contributed by atoms with Gasteiger partial charge in [0, 0.05) is 19.2 Å². The third kappa shape index (κ3) is 11.9. The Morgan fingerprint density at radius 1 is 0.845 bits per heavy atom. The van der Waals surface area contributed by atoms with Crippen molar-refractivity contribution < 1.29 is 42.3 Å². The number of anilines is 1. The van der Waals surface area contributed by atoms with Crippen LogP contribution in [0.5, 0.6) is 17.2 Å². The zero-order chi connectivity index (χ0) is 50.9. The van der Waals surface area contributed by atoms with Gasteiger partial charge in [0.15, 0.2) is 24.0 Å². The Morgan fingerprint density at radius 3 is 1.97 bits per heavy atom. The van der Waals surface area contributed by atoms with Gasteiger partial charge in [-0.2, -0.15) is 10.2 Å². The van der Waals surface area contributed by atoms with E-state index in [1.807, 2.05) is 103 Å². The molecular weight excluding hydrogens is 926 g/mol. The zero-order valence-electron chi connectivity index (χ0n) is 42.0. The monoisotopic (exact) mass is 989 g/mol. The van der Waals surface area contributed by atoms with Crippen molar-refractivity contribution >= 4 is 31.5 Å². The van der Waals surface area contributed by atoms with Crippen molar-refractivity contribution in [1.29, 1.82) is 5.26 Å². The molecule has 4 aromatic carbocycles. The predicted molar refractivity (Wildman–Crippen MR) is 270 cm³/mol. The summed E-state index contributed by atoms with van der Waals surface area (Å²) in [7, 11) is 2.95. The number of rotatable bonds is 22. The lowest BCUT2D eigenvalue weighted by Gasteiger charge is -2.39. The number of H-pyrrole nitrogens is 1. The number of aromatic amines is 1. The molecule has 2 aromatic heterocycles. The number of hydrogen-bond donors (Lipinski definition) is 2. The Hall–Kier alpha value is -6.22. The van der Waals surface area contributed by atoms with E-state index in [1.165, 1.54) is 6.33 Å². The molecule has 1 fully saturated rings. The van der Waals surface area contributed by atoms with E-state index in [0.29, 0.717) is 17.2 Å². The standard InChI is InChI=1S/C53H64N7O10P/c1-34(2)60(35(3)4)71(68-30-14-29-54)70-46-43(31-67-53(37-15-12-11-13-16-37,38-19-23-40(63-8)24-20-38)39-21-25-41(64-9)26-22-39)69-50(47(46)65-10)59-33-55-45-48(59)57-51(58-49(45)62)56-44(61)32-66-42-27-17-36(18-28-42)52(5,6)7/h11-13,15-28,33-35,43,46-47,50H,14,30-32H2,1-10H3,(H2,56,57,58,61,62)/t43-,46-,47-,50-,71?/m1/s1. The second kappa shape index (κ2) is 23.3. The van der Waals surface area contributed by atoms with Crippen molar-refractivity contribution in [3.8, 4) is 23.3 Å². The topological polar surface area (TPSA) is 194 Å². The number of aromatic nitrogens is 4.